The van der Waals surface area contributed by atoms with Crippen LogP contribution in [-0.4, -0.2) is 31.9 Å². The maximum absolute atomic E-state index is 12.4. The number of halogens is 1. The van der Waals surface area contributed by atoms with Gasteiger partial charge in [0.1, 0.15) is 0 Å². The van der Waals surface area contributed by atoms with Crippen LogP contribution in [0.15, 0.2) is 33.6 Å². The van der Waals surface area contributed by atoms with Crippen LogP contribution >= 0.6 is 15.9 Å². The molecular formula is C11H15BrN2O2S. The molecule has 0 radical (unpaired) electrons. The van der Waals surface area contributed by atoms with Crippen LogP contribution in [0.4, 0.5) is 0 Å². The van der Waals surface area contributed by atoms with Crippen LogP contribution in [0.1, 0.15) is 12.8 Å². The smallest absolute Gasteiger partial charge is 0.244 e. The third-order valence-corrected chi connectivity index (χ3v) is 5.75. The van der Waals surface area contributed by atoms with E-state index >= 15 is 0 Å². The van der Waals surface area contributed by atoms with E-state index in [4.69, 9.17) is 5.73 Å². The lowest BCUT2D eigenvalue weighted by molar-refractivity contribution is 0.316. The fourth-order valence-electron chi connectivity index (χ4n) is 1.99. The van der Waals surface area contributed by atoms with Gasteiger partial charge in [-0.3, -0.25) is 0 Å². The summed E-state index contributed by atoms with van der Waals surface area (Å²) < 4.78 is 26.9. The molecule has 17 heavy (non-hydrogen) atoms. The zero-order chi connectivity index (χ0) is 12.5. The average molecular weight is 319 g/mol. The summed E-state index contributed by atoms with van der Waals surface area (Å²) in [5.41, 5.74) is 5.82. The molecule has 0 bridgehead atoms. The number of rotatable bonds is 2. The van der Waals surface area contributed by atoms with Crippen molar-refractivity contribution < 1.29 is 8.42 Å². The summed E-state index contributed by atoms with van der Waals surface area (Å²) in [5.74, 6) is 0. The molecular weight excluding hydrogens is 304 g/mol. The maximum atomic E-state index is 12.4. The van der Waals surface area contributed by atoms with Gasteiger partial charge >= 0.3 is 0 Å². The molecule has 6 heteroatoms. The molecule has 1 aliphatic rings. The molecule has 1 aromatic rings. The summed E-state index contributed by atoms with van der Waals surface area (Å²) in [6.07, 6.45) is 1.72. The third-order valence-electron chi connectivity index (χ3n) is 2.88. The lowest BCUT2D eigenvalue weighted by Crippen LogP contribution is -2.45. The maximum Gasteiger partial charge on any atom is 0.244 e. The minimum Gasteiger partial charge on any atom is -0.327 e. The van der Waals surface area contributed by atoms with E-state index in [1.165, 1.54) is 4.31 Å². The van der Waals surface area contributed by atoms with Crippen LogP contribution in [0.25, 0.3) is 0 Å². The standard InChI is InChI=1S/C11H15BrN2O2S/c12-10-5-1-2-6-11(10)17(15,16)14-7-3-4-9(13)8-14/h1-2,5-6,9H,3-4,7-8,13H2/t9-/m1/s1. The van der Waals surface area contributed by atoms with Gasteiger partial charge in [0.05, 0.1) is 4.90 Å². The van der Waals surface area contributed by atoms with Gasteiger partial charge in [0.15, 0.2) is 0 Å². The molecule has 1 aromatic carbocycles. The van der Waals surface area contributed by atoms with Gasteiger partial charge in [-0.1, -0.05) is 12.1 Å². The Morgan fingerprint density at radius 2 is 2.06 bits per heavy atom. The Kier molecular flexibility index (Phi) is 3.87. The highest BCUT2D eigenvalue weighted by Crippen LogP contribution is 2.26. The van der Waals surface area contributed by atoms with Crippen molar-refractivity contribution in [3.8, 4) is 0 Å². The van der Waals surface area contributed by atoms with Crippen molar-refractivity contribution in [3.05, 3.63) is 28.7 Å². The SMILES string of the molecule is N[C@@H]1CCCN(S(=O)(=O)c2ccccc2Br)C1. The van der Waals surface area contributed by atoms with E-state index in [-0.39, 0.29) is 6.04 Å². The molecule has 0 aliphatic carbocycles. The predicted molar refractivity (Wildman–Crippen MR) is 70.1 cm³/mol. The van der Waals surface area contributed by atoms with E-state index in [1.54, 1.807) is 24.3 Å². The number of piperidine rings is 1. The monoisotopic (exact) mass is 318 g/mol. The van der Waals surface area contributed by atoms with Crippen molar-refractivity contribution in [1.29, 1.82) is 0 Å². The van der Waals surface area contributed by atoms with E-state index < -0.39 is 10.0 Å². The Balaban J connectivity index is 2.33. The molecule has 4 nitrogen and oxygen atoms in total. The van der Waals surface area contributed by atoms with Gasteiger partial charge in [-0.15, -0.1) is 0 Å². The summed E-state index contributed by atoms with van der Waals surface area (Å²) in [7, 11) is -3.42. The summed E-state index contributed by atoms with van der Waals surface area (Å²) in [6.45, 7) is 0.959. The van der Waals surface area contributed by atoms with Crippen molar-refractivity contribution in [2.45, 2.75) is 23.8 Å². The second-order valence-electron chi connectivity index (χ2n) is 4.20. The van der Waals surface area contributed by atoms with Crippen LogP contribution < -0.4 is 5.73 Å². The second kappa shape index (κ2) is 5.06. The van der Waals surface area contributed by atoms with Crippen LogP contribution in [0.2, 0.25) is 0 Å². The zero-order valence-electron chi connectivity index (χ0n) is 9.34. The Labute approximate surface area is 110 Å². The lowest BCUT2D eigenvalue weighted by Gasteiger charge is -2.30. The largest absolute Gasteiger partial charge is 0.327 e. The highest BCUT2D eigenvalue weighted by atomic mass is 79.9. The molecule has 94 valence electrons. The van der Waals surface area contributed by atoms with Gasteiger partial charge < -0.3 is 5.73 Å². The van der Waals surface area contributed by atoms with Crippen LogP contribution in [0, 0.1) is 0 Å². The van der Waals surface area contributed by atoms with Crippen LogP contribution in [0.3, 0.4) is 0 Å². The van der Waals surface area contributed by atoms with Crippen LogP contribution in [0.5, 0.6) is 0 Å². The van der Waals surface area contributed by atoms with Crippen molar-refractivity contribution in [2.75, 3.05) is 13.1 Å². The topological polar surface area (TPSA) is 63.4 Å². The second-order valence-corrected chi connectivity index (χ2v) is 6.96. The Morgan fingerprint density at radius 1 is 1.35 bits per heavy atom. The summed E-state index contributed by atoms with van der Waals surface area (Å²) in [5, 5.41) is 0. The van der Waals surface area contributed by atoms with Crippen molar-refractivity contribution in [2.24, 2.45) is 5.73 Å². The van der Waals surface area contributed by atoms with Gasteiger partial charge in [-0.2, -0.15) is 4.31 Å². The fourth-order valence-corrected chi connectivity index (χ4v) is 4.48. The molecule has 1 heterocycles. The zero-order valence-corrected chi connectivity index (χ0v) is 11.7. The number of hydrogen-bond donors (Lipinski definition) is 1. The summed E-state index contributed by atoms with van der Waals surface area (Å²) in [4.78, 5) is 0.314. The number of hydrogen-bond acceptors (Lipinski definition) is 3. The predicted octanol–water partition coefficient (Wildman–Crippen LogP) is 1.56. The molecule has 0 spiro atoms. The first kappa shape index (κ1) is 13.0. The van der Waals surface area contributed by atoms with Crippen molar-refractivity contribution in [1.82, 2.24) is 4.31 Å². The Bertz CT molecular complexity index is 504. The molecule has 0 unspecified atom stereocenters. The Hall–Kier alpha value is -0.430. The minimum absolute atomic E-state index is 0.0546. The quantitative estimate of drug-likeness (QED) is 0.900. The molecule has 1 fully saturated rings. The summed E-state index contributed by atoms with van der Waals surface area (Å²) in [6, 6.07) is 6.81. The Morgan fingerprint density at radius 3 is 2.71 bits per heavy atom. The number of benzene rings is 1. The molecule has 1 saturated heterocycles. The molecule has 1 aliphatic heterocycles. The summed E-state index contributed by atoms with van der Waals surface area (Å²) >= 11 is 3.28. The fraction of sp³-hybridized carbons (Fsp3) is 0.455. The molecule has 0 amide bonds. The molecule has 1 atom stereocenters. The highest BCUT2D eigenvalue weighted by molar-refractivity contribution is 9.10. The van der Waals surface area contributed by atoms with E-state index in [9.17, 15) is 8.42 Å². The first-order valence-corrected chi connectivity index (χ1v) is 7.75. The van der Waals surface area contributed by atoms with Gasteiger partial charge in [0.2, 0.25) is 10.0 Å². The lowest BCUT2D eigenvalue weighted by atomic mass is 10.1. The van der Waals surface area contributed by atoms with Gasteiger partial charge in [-0.05, 0) is 40.9 Å². The minimum atomic E-state index is -3.42. The van der Waals surface area contributed by atoms with E-state index in [0.717, 1.165) is 12.8 Å². The normalized spacial score (nSPS) is 22.6. The highest BCUT2D eigenvalue weighted by Gasteiger charge is 2.29. The van der Waals surface area contributed by atoms with E-state index in [0.29, 0.717) is 22.5 Å². The molecule has 2 N–H and O–H groups in total. The van der Waals surface area contributed by atoms with E-state index in [2.05, 4.69) is 15.9 Å². The van der Waals surface area contributed by atoms with E-state index in [1.807, 2.05) is 0 Å². The van der Waals surface area contributed by atoms with Crippen molar-refractivity contribution >= 4 is 26.0 Å². The molecule has 2 rings (SSSR count). The van der Waals surface area contributed by atoms with Gasteiger partial charge in [0, 0.05) is 23.6 Å². The third kappa shape index (κ3) is 2.70. The van der Waals surface area contributed by atoms with Gasteiger partial charge in [-0.25, -0.2) is 8.42 Å². The number of nitrogens with zero attached hydrogens (tertiary/aromatic N) is 1. The first-order valence-electron chi connectivity index (χ1n) is 5.52. The van der Waals surface area contributed by atoms with Gasteiger partial charge in [0.25, 0.3) is 0 Å². The molecule has 0 saturated carbocycles. The van der Waals surface area contributed by atoms with Crippen molar-refractivity contribution in [3.63, 3.8) is 0 Å². The first-order chi connectivity index (χ1) is 8.01. The molecule has 0 aromatic heterocycles. The van der Waals surface area contributed by atoms with Crippen LogP contribution in [-0.2, 0) is 10.0 Å². The number of nitrogens with two attached hydrogens (primary N) is 1. The number of sulfonamides is 1. The average Bonchev–Trinajstić information content (AvgIpc) is 2.29.